The third-order valence-corrected chi connectivity index (χ3v) is 4.38. The van der Waals surface area contributed by atoms with Gasteiger partial charge in [-0.05, 0) is 23.6 Å². The van der Waals surface area contributed by atoms with Crippen molar-refractivity contribution in [2.24, 2.45) is 0 Å². The predicted octanol–water partition coefficient (Wildman–Crippen LogP) is 4.15. The number of hydrogen-bond acceptors (Lipinski definition) is 2. The average molecular weight is 352 g/mol. The molecule has 1 aromatic heterocycles. The van der Waals surface area contributed by atoms with E-state index in [4.69, 9.17) is 0 Å². The number of hydrogen-bond donors (Lipinski definition) is 2. The lowest BCUT2D eigenvalue weighted by Gasteiger charge is -2.06. The predicted molar refractivity (Wildman–Crippen MR) is 81.6 cm³/mol. The minimum absolute atomic E-state index is 0.212. The highest BCUT2D eigenvalue weighted by molar-refractivity contribution is 9.10. The minimum Gasteiger partial charge on any atom is -0.341 e. The molecule has 0 unspecified atom stereocenters. The first-order valence-electron chi connectivity index (χ1n) is 6.71. The van der Waals surface area contributed by atoms with Gasteiger partial charge in [-0.2, -0.15) is 0 Å². The van der Waals surface area contributed by atoms with Crippen LogP contribution in [0.4, 0.5) is 8.78 Å². The van der Waals surface area contributed by atoms with Crippen LogP contribution in [0.15, 0.2) is 34.8 Å². The van der Waals surface area contributed by atoms with Gasteiger partial charge < -0.3 is 10.3 Å². The Morgan fingerprint density at radius 2 is 2.10 bits per heavy atom. The molecule has 4 rings (SSSR count). The summed E-state index contributed by atoms with van der Waals surface area (Å²) in [5.41, 5.74) is 1.70. The van der Waals surface area contributed by atoms with Crippen molar-refractivity contribution in [2.75, 3.05) is 6.54 Å². The largest absolute Gasteiger partial charge is 0.341 e. The van der Waals surface area contributed by atoms with Crippen molar-refractivity contribution in [1.82, 2.24) is 15.3 Å². The van der Waals surface area contributed by atoms with Gasteiger partial charge in [0.05, 0.1) is 23.6 Å². The van der Waals surface area contributed by atoms with Crippen molar-refractivity contribution in [2.45, 2.75) is 18.4 Å². The third-order valence-electron chi connectivity index (χ3n) is 3.89. The summed E-state index contributed by atoms with van der Waals surface area (Å²) < 4.78 is 27.6. The Bertz CT molecular complexity index is 843. The summed E-state index contributed by atoms with van der Waals surface area (Å²) in [5.74, 6) is -2.08. The van der Waals surface area contributed by atoms with Gasteiger partial charge in [-0.15, -0.1) is 0 Å². The van der Waals surface area contributed by atoms with E-state index in [0.29, 0.717) is 5.82 Å². The second-order valence-corrected chi connectivity index (χ2v) is 6.36. The fourth-order valence-corrected chi connectivity index (χ4v) is 3.24. The van der Waals surface area contributed by atoms with E-state index in [0.717, 1.165) is 26.3 Å². The summed E-state index contributed by atoms with van der Waals surface area (Å²) in [6.07, 6.45) is -0.212. The maximum Gasteiger partial charge on any atom is 0.262 e. The molecule has 1 fully saturated rings. The summed E-state index contributed by atoms with van der Waals surface area (Å²) in [6, 6.07) is 9.49. The monoisotopic (exact) mass is 351 g/mol. The maximum atomic E-state index is 13.3. The molecule has 2 N–H and O–H groups in total. The Morgan fingerprint density at radius 3 is 2.86 bits per heavy atom. The highest BCUT2D eigenvalue weighted by Gasteiger charge is 2.41. The van der Waals surface area contributed by atoms with Crippen LogP contribution < -0.4 is 5.32 Å². The number of halogens is 3. The highest BCUT2D eigenvalue weighted by Crippen LogP contribution is 2.34. The first-order chi connectivity index (χ1) is 10.0. The van der Waals surface area contributed by atoms with Crippen LogP contribution in [0.2, 0.25) is 0 Å². The molecule has 1 aliphatic heterocycles. The van der Waals surface area contributed by atoms with E-state index in [9.17, 15) is 8.78 Å². The minimum atomic E-state index is -2.66. The van der Waals surface area contributed by atoms with Crippen LogP contribution in [0.1, 0.15) is 18.3 Å². The van der Waals surface area contributed by atoms with Crippen LogP contribution in [-0.4, -0.2) is 22.4 Å². The number of H-pyrrole nitrogens is 1. The molecule has 0 amide bonds. The van der Waals surface area contributed by atoms with Gasteiger partial charge in [-0.25, -0.2) is 13.8 Å². The van der Waals surface area contributed by atoms with Crippen molar-refractivity contribution >= 4 is 37.7 Å². The summed E-state index contributed by atoms with van der Waals surface area (Å²) in [6.45, 7) is -0.289. The van der Waals surface area contributed by atoms with Gasteiger partial charge in [0.1, 0.15) is 5.82 Å². The van der Waals surface area contributed by atoms with Crippen molar-refractivity contribution < 1.29 is 8.78 Å². The smallest absolute Gasteiger partial charge is 0.262 e. The second-order valence-electron chi connectivity index (χ2n) is 5.44. The number of aromatic nitrogens is 2. The molecule has 0 bridgehead atoms. The van der Waals surface area contributed by atoms with Crippen LogP contribution >= 0.6 is 15.9 Å². The van der Waals surface area contributed by atoms with Crippen LogP contribution in [0.25, 0.3) is 21.8 Å². The van der Waals surface area contributed by atoms with Crippen LogP contribution in [0.5, 0.6) is 0 Å². The third kappa shape index (κ3) is 2.22. The molecule has 0 spiro atoms. The molecule has 3 nitrogen and oxygen atoms in total. The van der Waals surface area contributed by atoms with E-state index in [1.165, 1.54) is 0 Å². The number of nitrogens with zero attached hydrogens (tertiary/aromatic N) is 1. The maximum absolute atomic E-state index is 13.3. The van der Waals surface area contributed by atoms with Crippen molar-refractivity contribution in [3.8, 4) is 0 Å². The number of rotatable bonds is 1. The zero-order valence-corrected chi connectivity index (χ0v) is 12.5. The van der Waals surface area contributed by atoms with Crippen LogP contribution in [-0.2, 0) is 0 Å². The Kier molecular flexibility index (Phi) is 2.81. The van der Waals surface area contributed by atoms with Crippen LogP contribution in [0, 0.1) is 0 Å². The average Bonchev–Trinajstić information content (AvgIpc) is 3.01. The summed E-state index contributed by atoms with van der Waals surface area (Å²) in [4.78, 5) is 7.71. The van der Waals surface area contributed by atoms with Crippen LogP contribution in [0.3, 0.4) is 0 Å². The number of nitrogens with one attached hydrogen (secondary N) is 2. The number of imidazole rings is 1. The highest BCUT2D eigenvalue weighted by atomic mass is 79.9. The molecule has 3 aromatic rings. The van der Waals surface area contributed by atoms with Gasteiger partial charge >= 0.3 is 0 Å². The topological polar surface area (TPSA) is 40.7 Å². The zero-order chi connectivity index (χ0) is 14.6. The number of fused-ring (bicyclic) bond motifs is 3. The molecule has 6 heteroatoms. The molecule has 1 aliphatic rings. The van der Waals surface area contributed by atoms with E-state index in [2.05, 4.69) is 31.2 Å². The lowest BCUT2D eigenvalue weighted by Crippen LogP contribution is -2.19. The standard InChI is InChI=1S/C15H12BrF2N3/c16-9-2-3-10-8(5-9)1-4-11-13(10)21-14(20-11)12-6-15(17,18)7-19-12/h1-5,12,19H,6-7H2,(H,20,21)/t12-/m0/s1. The quantitative estimate of drug-likeness (QED) is 0.691. The first kappa shape index (κ1) is 13.2. The number of alkyl halides is 2. The Hall–Kier alpha value is -1.53. The Balaban J connectivity index is 1.84. The number of benzene rings is 2. The summed E-state index contributed by atoms with van der Waals surface area (Å²) in [7, 11) is 0. The van der Waals surface area contributed by atoms with E-state index >= 15 is 0 Å². The van der Waals surface area contributed by atoms with Gasteiger partial charge in [-0.1, -0.05) is 28.1 Å². The van der Waals surface area contributed by atoms with E-state index < -0.39 is 12.0 Å². The molecular formula is C15H12BrF2N3. The van der Waals surface area contributed by atoms with Crippen molar-refractivity contribution in [1.29, 1.82) is 0 Å². The van der Waals surface area contributed by atoms with Crippen molar-refractivity contribution in [3.63, 3.8) is 0 Å². The molecule has 1 atom stereocenters. The van der Waals surface area contributed by atoms with Gasteiger partial charge in [0.15, 0.2) is 0 Å². The fraction of sp³-hybridized carbons (Fsp3) is 0.267. The van der Waals surface area contributed by atoms with E-state index in [1.807, 2.05) is 30.3 Å². The molecule has 108 valence electrons. The molecule has 0 radical (unpaired) electrons. The summed E-state index contributed by atoms with van der Waals surface area (Å²) in [5, 5.41) is 4.92. The lowest BCUT2D eigenvalue weighted by atomic mass is 10.1. The lowest BCUT2D eigenvalue weighted by molar-refractivity contribution is 0.0208. The zero-order valence-electron chi connectivity index (χ0n) is 11.0. The van der Waals surface area contributed by atoms with Gasteiger partial charge in [0.2, 0.25) is 0 Å². The fourth-order valence-electron chi connectivity index (χ4n) is 2.87. The SMILES string of the molecule is FC1(F)CN[C@H](c2nc3c(ccc4cc(Br)ccc43)[nH]2)C1. The molecule has 0 saturated carbocycles. The Morgan fingerprint density at radius 1 is 1.24 bits per heavy atom. The van der Waals surface area contributed by atoms with Crippen molar-refractivity contribution in [3.05, 3.63) is 40.6 Å². The molecule has 21 heavy (non-hydrogen) atoms. The molecule has 2 aromatic carbocycles. The molecule has 0 aliphatic carbocycles. The van der Waals surface area contributed by atoms with Gasteiger partial charge in [0.25, 0.3) is 5.92 Å². The molecular weight excluding hydrogens is 340 g/mol. The van der Waals surface area contributed by atoms with E-state index in [1.54, 1.807) is 0 Å². The van der Waals surface area contributed by atoms with E-state index in [-0.39, 0.29) is 13.0 Å². The normalized spacial score (nSPS) is 21.4. The molecule has 1 saturated heterocycles. The van der Waals surface area contributed by atoms with Gasteiger partial charge in [0, 0.05) is 16.3 Å². The number of aromatic amines is 1. The van der Waals surface area contributed by atoms with Gasteiger partial charge in [-0.3, -0.25) is 0 Å². The Labute approximate surface area is 127 Å². The second kappa shape index (κ2) is 4.48. The molecule has 2 heterocycles. The summed E-state index contributed by atoms with van der Waals surface area (Å²) >= 11 is 3.45. The first-order valence-corrected chi connectivity index (χ1v) is 7.50.